The van der Waals surface area contributed by atoms with Crippen LogP contribution in [0.1, 0.15) is 11.3 Å². The summed E-state index contributed by atoms with van der Waals surface area (Å²) in [6.07, 6.45) is 8.02. The normalized spacial score (nSPS) is 10.6. The fraction of sp³-hybridized carbons (Fsp3) is 0.0769. The molecule has 4 nitrogen and oxygen atoms in total. The Morgan fingerprint density at radius 3 is 2.88 bits per heavy atom. The van der Waals surface area contributed by atoms with Gasteiger partial charge in [-0.3, -0.25) is 9.78 Å². The number of rotatable bonds is 4. The van der Waals surface area contributed by atoms with E-state index >= 15 is 0 Å². The Morgan fingerprint density at radius 1 is 1.35 bits per heavy atom. The molecule has 0 saturated carbocycles. The largest absolute Gasteiger partial charge is 0.465 e. The molecule has 0 aliphatic rings. The Balaban J connectivity index is 1.82. The van der Waals surface area contributed by atoms with E-state index in [0.717, 1.165) is 5.56 Å². The average Bonchev–Trinajstić information content (AvgIpc) is 2.88. The van der Waals surface area contributed by atoms with Crippen molar-refractivity contribution in [3.05, 3.63) is 60.3 Å². The van der Waals surface area contributed by atoms with Crippen LogP contribution in [-0.4, -0.2) is 10.9 Å². The first-order valence-electron chi connectivity index (χ1n) is 5.23. The lowest BCUT2D eigenvalue weighted by Gasteiger charge is -2.00. The van der Waals surface area contributed by atoms with Crippen LogP contribution in [0.3, 0.4) is 0 Å². The number of pyridine rings is 1. The summed E-state index contributed by atoms with van der Waals surface area (Å²) in [5, 5.41) is 2.77. The molecule has 0 aliphatic heterocycles. The fourth-order valence-corrected chi connectivity index (χ4v) is 1.29. The van der Waals surface area contributed by atoms with Crippen LogP contribution in [0.4, 0.5) is 0 Å². The van der Waals surface area contributed by atoms with Gasteiger partial charge in [-0.25, -0.2) is 0 Å². The highest BCUT2D eigenvalue weighted by molar-refractivity contribution is 5.91. The number of furan rings is 1. The lowest BCUT2D eigenvalue weighted by molar-refractivity contribution is -0.116. The second-order valence-corrected chi connectivity index (χ2v) is 3.42. The summed E-state index contributed by atoms with van der Waals surface area (Å²) >= 11 is 0. The van der Waals surface area contributed by atoms with E-state index in [0.29, 0.717) is 12.3 Å². The Labute approximate surface area is 99.0 Å². The molecule has 4 heteroatoms. The van der Waals surface area contributed by atoms with E-state index in [2.05, 4.69) is 10.3 Å². The standard InChI is InChI=1S/C13H12N2O2/c16-13(4-3-12-2-1-9-17-12)15-10-11-5-7-14-8-6-11/h1-9H,10H2,(H,15,16). The van der Waals surface area contributed by atoms with Crippen molar-refractivity contribution in [1.82, 2.24) is 10.3 Å². The lowest BCUT2D eigenvalue weighted by atomic mass is 10.2. The second-order valence-electron chi connectivity index (χ2n) is 3.42. The maximum Gasteiger partial charge on any atom is 0.244 e. The van der Waals surface area contributed by atoms with Gasteiger partial charge >= 0.3 is 0 Å². The number of hydrogen-bond donors (Lipinski definition) is 1. The minimum Gasteiger partial charge on any atom is -0.465 e. The zero-order chi connectivity index (χ0) is 11.9. The predicted octanol–water partition coefficient (Wildman–Crippen LogP) is 2.00. The monoisotopic (exact) mass is 228 g/mol. The SMILES string of the molecule is O=C(C=Cc1ccco1)NCc1ccncc1. The van der Waals surface area contributed by atoms with Gasteiger partial charge in [0.2, 0.25) is 5.91 Å². The molecule has 1 N–H and O–H groups in total. The van der Waals surface area contributed by atoms with Crippen LogP contribution >= 0.6 is 0 Å². The van der Waals surface area contributed by atoms with Gasteiger partial charge in [0, 0.05) is 25.0 Å². The maximum atomic E-state index is 11.5. The van der Waals surface area contributed by atoms with Gasteiger partial charge in [0.1, 0.15) is 5.76 Å². The van der Waals surface area contributed by atoms with Gasteiger partial charge in [-0.2, -0.15) is 0 Å². The number of amides is 1. The number of hydrogen-bond acceptors (Lipinski definition) is 3. The van der Waals surface area contributed by atoms with E-state index in [1.807, 2.05) is 12.1 Å². The van der Waals surface area contributed by atoms with Gasteiger partial charge < -0.3 is 9.73 Å². The molecule has 0 saturated heterocycles. The van der Waals surface area contributed by atoms with E-state index in [1.165, 1.54) is 6.08 Å². The predicted molar refractivity (Wildman–Crippen MR) is 63.8 cm³/mol. The number of aromatic nitrogens is 1. The molecule has 0 atom stereocenters. The highest BCUT2D eigenvalue weighted by Gasteiger charge is 1.96. The van der Waals surface area contributed by atoms with Gasteiger partial charge in [0.15, 0.2) is 0 Å². The van der Waals surface area contributed by atoms with Crippen molar-refractivity contribution in [3.63, 3.8) is 0 Å². The Kier molecular flexibility index (Phi) is 3.70. The summed E-state index contributed by atoms with van der Waals surface area (Å²) in [7, 11) is 0. The molecule has 0 fully saturated rings. The summed E-state index contributed by atoms with van der Waals surface area (Å²) < 4.78 is 5.07. The van der Waals surface area contributed by atoms with Gasteiger partial charge in [0.25, 0.3) is 0 Å². The van der Waals surface area contributed by atoms with E-state index in [9.17, 15) is 4.79 Å². The van der Waals surface area contributed by atoms with E-state index < -0.39 is 0 Å². The third-order valence-electron chi connectivity index (χ3n) is 2.16. The van der Waals surface area contributed by atoms with Crippen molar-refractivity contribution in [2.75, 3.05) is 0 Å². The summed E-state index contributed by atoms with van der Waals surface area (Å²) in [5.41, 5.74) is 1.01. The highest BCUT2D eigenvalue weighted by atomic mass is 16.3. The smallest absolute Gasteiger partial charge is 0.244 e. The first-order chi connectivity index (χ1) is 8.34. The van der Waals surface area contributed by atoms with Crippen molar-refractivity contribution in [1.29, 1.82) is 0 Å². The molecular formula is C13H12N2O2. The zero-order valence-corrected chi connectivity index (χ0v) is 9.17. The first-order valence-corrected chi connectivity index (χ1v) is 5.23. The molecule has 0 aromatic carbocycles. The summed E-state index contributed by atoms with van der Waals surface area (Å²) in [6, 6.07) is 7.27. The summed E-state index contributed by atoms with van der Waals surface area (Å²) in [4.78, 5) is 15.4. The number of carbonyl (C=O) groups is 1. The molecule has 17 heavy (non-hydrogen) atoms. The van der Waals surface area contributed by atoms with Crippen LogP contribution in [0.5, 0.6) is 0 Å². The Bertz CT molecular complexity index is 489. The number of carbonyl (C=O) groups excluding carboxylic acids is 1. The fourth-order valence-electron chi connectivity index (χ4n) is 1.29. The Hall–Kier alpha value is -2.36. The minimum atomic E-state index is -0.154. The molecular weight excluding hydrogens is 216 g/mol. The molecule has 2 aromatic heterocycles. The molecule has 2 rings (SSSR count). The van der Waals surface area contributed by atoms with Crippen molar-refractivity contribution in [2.24, 2.45) is 0 Å². The quantitative estimate of drug-likeness (QED) is 0.814. The van der Waals surface area contributed by atoms with Crippen LogP contribution < -0.4 is 5.32 Å². The van der Waals surface area contributed by atoms with E-state index in [1.54, 1.807) is 36.9 Å². The molecule has 86 valence electrons. The number of nitrogens with zero attached hydrogens (tertiary/aromatic N) is 1. The summed E-state index contributed by atoms with van der Waals surface area (Å²) in [6.45, 7) is 0.490. The molecule has 1 amide bonds. The van der Waals surface area contributed by atoms with Crippen molar-refractivity contribution < 1.29 is 9.21 Å². The molecule has 0 spiro atoms. The van der Waals surface area contributed by atoms with Gasteiger partial charge in [-0.05, 0) is 35.9 Å². The third-order valence-corrected chi connectivity index (χ3v) is 2.16. The number of nitrogens with one attached hydrogen (secondary N) is 1. The molecule has 2 aromatic rings. The molecule has 0 bridgehead atoms. The average molecular weight is 228 g/mol. The van der Waals surface area contributed by atoms with Crippen molar-refractivity contribution in [3.8, 4) is 0 Å². The second kappa shape index (κ2) is 5.65. The van der Waals surface area contributed by atoms with Gasteiger partial charge in [-0.1, -0.05) is 0 Å². The van der Waals surface area contributed by atoms with Crippen LogP contribution in [0, 0.1) is 0 Å². The van der Waals surface area contributed by atoms with Crippen LogP contribution in [0.2, 0.25) is 0 Å². The molecule has 0 unspecified atom stereocenters. The molecule has 0 radical (unpaired) electrons. The molecule has 2 heterocycles. The van der Waals surface area contributed by atoms with Crippen LogP contribution in [-0.2, 0) is 11.3 Å². The first kappa shape index (κ1) is 11.1. The molecule has 0 aliphatic carbocycles. The maximum absolute atomic E-state index is 11.5. The minimum absolute atomic E-state index is 0.154. The zero-order valence-electron chi connectivity index (χ0n) is 9.17. The topological polar surface area (TPSA) is 55.1 Å². The highest BCUT2D eigenvalue weighted by Crippen LogP contribution is 2.02. The lowest BCUT2D eigenvalue weighted by Crippen LogP contribution is -2.20. The van der Waals surface area contributed by atoms with Crippen molar-refractivity contribution >= 4 is 12.0 Å². The van der Waals surface area contributed by atoms with Gasteiger partial charge in [-0.15, -0.1) is 0 Å². The van der Waals surface area contributed by atoms with Crippen LogP contribution in [0.15, 0.2) is 53.4 Å². The van der Waals surface area contributed by atoms with E-state index in [4.69, 9.17) is 4.42 Å². The summed E-state index contributed by atoms with van der Waals surface area (Å²) in [5.74, 6) is 0.502. The van der Waals surface area contributed by atoms with Crippen LogP contribution in [0.25, 0.3) is 6.08 Å². The van der Waals surface area contributed by atoms with Crippen molar-refractivity contribution in [2.45, 2.75) is 6.54 Å². The Morgan fingerprint density at radius 2 is 2.18 bits per heavy atom. The third kappa shape index (κ3) is 3.61. The van der Waals surface area contributed by atoms with E-state index in [-0.39, 0.29) is 5.91 Å². The van der Waals surface area contributed by atoms with Gasteiger partial charge in [0.05, 0.1) is 6.26 Å².